The van der Waals surface area contributed by atoms with Crippen LogP contribution < -0.4 is 0 Å². The van der Waals surface area contributed by atoms with E-state index in [0.29, 0.717) is 25.9 Å². The first kappa shape index (κ1) is 14.8. The third-order valence-electron chi connectivity index (χ3n) is 4.40. The molecule has 0 bridgehead atoms. The summed E-state index contributed by atoms with van der Waals surface area (Å²) in [7, 11) is 1.67. The summed E-state index contributed by atoms with van der Waals surface area (Å²) in [4.78, 5) is 38.1. The summed E-state index contributed by atoms with van der Waals surface area (Å²) in [6, 6.07) is 0. The summed E-state index contributed by atoms with van der Waals surface area (Å²) >= 11 is 0. The zero-order valence-corrected chi connectivity index (χ0v) is 11.9. The maximum absolute atomic E-state index is 12.1. The van der Waals surface area contributed by atoms with Crippen LogP contribution in [0.5, 0.6) is 0 Å². The van der Waals surface area contributed by atoms with Gasteiger partial charge in [0.25, 0.3) is 0 Å². The SMILES string of the molecule is CN(CC(=O)N1CCC(C(=O)O)CC1)C(=O)C1CCC1. The van der Waals surface area contributed by atoms with Crippen molar-refractivity contribution in [2.45, 2.75) is 32.1 Å². The van der Waals surface area contributed by atoms with Crippen LogP contribution in [-0.4, -0.2) is 59.4 Å². The molecule has 1 N–H and O–H groups in total. The number of hydrogen-bond donors (Lipinski definition) is 1. The van der Waals surface area contributed by atoms with Crippen molar-refractivity contribution >= 4 is 17.8 Å². The third-order valence-corrected chi connectivity index (χ3v) is 4.40. The standard InChI is InChI=1S/C14H22N2O4/c1-15(13(18)10-3-2-4-10)9-12(17)16-7-5-11(6-8-16)14(19)20/h10-11H,2-9H2,1H3,(H,19,20). The molecule has 0 unspecified atom stereocenters. The van der Waals surface area contributed by atoms with Gasteiger partial charge in [0.2, 0.25) is 11.8 Å². The van der Waals surface area contributed by atoms with Crippen LogP contribution in [0.2, 0.25) is 0 Å². The average molecular weight is 282 g/mol. The summed E-state index contributed by atoms with van der Waals surface area (Å²) in [5, 5.41) is 8.92. The molecule has 1 saturated heterocycles. The predicted octanol–water partition coefficient (Wildman–Crippen LogP) is 0.568. The largest absolute Gasteiger partial charge is 0.481 e. The molecule has 0 aromatic rings. The fraction of sp³-hybridized carbons (Fsp3) is 0.786. The molecular formula is C14H22N2O4. The first-order valence-corrected chi connectivity index (χ1v) is 7.24. The molecule has 6 heteroatoms. The summed E-state index contributed by atoms with van der Waals surface area (Å²) in [6.45, 7) is 1.05. The van der Waals surface area contributed by atoms with Crippen molar-refractivity contribution in [2.75, 3.05) is 26.7 Å². The van der Waals surface area contributed by atoms with Gasteiger partial charge in [0.05, 0.1) is 12.5 Å². The lowest BCUT2D eigenvalue weighted by molar-refractivity contribution is -0.147. The van der Waals surface area contributed by atoms with Gasteiger partial charge < -0.3 is 14.9 Å². The van der Waals surface area contributed by atoms with Gasteiger partial charge in [-0.1, -0.05) is 6.42 Å². The molecule has 1 aliphatic heterocycles. The number of amides is 2. The minimum Gasteiger partial charge on any atom is -0.481 e. The minimum atomic E-state index is -0.783. The highest BCUT2D eigenvalue weighted by atomic mass is 16.4. The van der Waals surface area contributed by atoms with E-state index in [-0.39, 0.29) is 30.2 Å². The number of likely N-dealkylation sites (N-methyl/N-ethyl adjacent to an activating group) is 1. The van der Waals surface area contributed by atoms with Gasteiger partial charge in [-0.2, -0.15) is 0 Å². The van der Waals surface area contributed by atoms with Crippen LogP contribution in [-0.2, 0) is 14.4 Å². The number of carboxylic acids is 1. The van der Waals surface area contributed by atoms with Crippen molar-refractivity contribution in [3.05, 3.63) is 0 Å². The molecule has 1 aliphatic carbocycles. The fourth-order valence-corrected chi connectivity index (χ4v) is 2.72. The molecule has 2 amide bonds. The lowest BCUT2D eigenvalue weighted by atomic mass is 9.84. The van der Waals surface area contributed by atoms with Crippen LogP contribution in [0, 0.1) is 11.8 Å². The van der Waals surface area contributed by atoms with Gasteiger partial charge >= 0.3 is 5.97 Å². The van der Waals surface area contributed by atoms with Crippen LogP contribution >= 0.6 is 0 Å². The molecule has 2 fully saturated rings. The van der Waals surface area contributed by atoms with E-state index >= 15 is 0 Å². The minimum absolute atomic E-state index is 0.0602. The Balaban J connectivity index is 1.77. The number of piperidine rings is 1. The second-order valence-corrected chi connectivity index (χ2v) is 5.82. The number of hydrogen-bond acceptors (Lipinski definition) is 3. The van der Waals surface area contributed by atoms with E-state index in [9.17, 15) is 14.4 Å². The monoisotopic (exact) mass is 282 g/mol. The Bertz CT molecular complexity index is 398. The number of rotatable bonds is 4. The van der Waals surface area contributed by atoms with Gasteiger partial charge in [0.1, 0.15) is 0 Å². The van der Waals surface area contributed by atoms with E-state index in [0.717, 1.165) is 19.3 Å². The highest BCUT2D eigenvalue weighted by Gasteiger charge is 2.31. The fourth-order valence-electron chi connectivity index (χ4n) is 2.72. The molecule has 0 atom stereocenters. The smallest absolute Gasteiger partial charge is 0.306 e. The quantitative estimate of drug-likeness (QED) is 0.817. The van der Waals surface area contributed by atoms with Crippen LogP contribution in [0.3, 0.4) is 0 Å². The van der Waals surface area contributed by atoms with Crippen LogP contribution in [0.1, 0.15) is 32.1 Å². The highest BCUT2D eigenvalue weighted by molar-refractivity contribution is 5.86. The van der Waals surface area contributed by atoms with Gasteiger partial charge in [0, 0.05) is 26.1 Å². The van der Waals surface area contributed by atoms with Crippen molar-refractivity contribution in [1.82, 2.24) is 9.80 Å². The Kier molecular flexibility index (Phi) is 4.62. The maximum atomic E-state index is 12.1. The zero-order valence-electron chi connectivity index (χ0n) is 11.9. The highest BCUT2D eigenvalue weighted by Crippen LogP contribution is 2.27. The molecule has 2 aliphatic rings. The molecule has 0 spiro atoms. The molecule has 1 saturated carbocycles. The first-order chi connectivity index (χ1) is 9.49. The Hall–Kier alpha value is -1.59. The zero-order chi connectivity index (χ0) is 14.7. The average Bonchev–Trinajstić information content (AvgIpc) is 2.36. The molecule has 0 aromatic carbocycles. The number of carbonyl (C=O) groups excluding carboxylic acids is 2. The van der Waals surface area contributed by atoms with E-state index in [4.69, 9.17) is 5.11 Å². The number of carbonyl (C=O) groups is 3. The third kappa shape index (κ3) is 3.29. The maximum Gasteiger partial charge on any atom is 0.306 e. The van der Waals surface area contributed by atoms with Crippen molar-refractivity contribution in [1.29, 1.82) is 0 Å². The van der Waals surface area contributed by atoms with E-state index in [1.165, 1.54) is 4.90 Å². The summed E-state index contributed by atoms with van der Waals surface area (Å²) in [5.41, 5.74) is 0. The number of carboxylic acid groups (broad SMARTS) is 1. The normalized spacial score (nSPS) is 20.4. The Morgan fingerprint density at radius 3 is 2.15 bits per heavy atom. The number of likely N-dealkylation sites (tertiary alicyclic amines) is 1. The second-order valence-electron chi connectivity index (χ2n) is 5.82. The summed E-state index contributed by atoms with van der Waals surface area (Å²) < 4.78 is 0. The topological polar surface area (TPSA) is 77.9 Å². The summed E-state index contributed by atoms with van der Waals surface area (Å²) in [6.07, 6.45) is 3.96. The molecule has 0 radical (unpaired) electrons. The van der Waals surface area contributed by atoms with E-state index in [1.54, 1.807) is 11.9 Å². The molecule has 1 heterocycles. The molecule has 2 rings (SSSR count). The molecule has 112 valence electrons. The van der Waals surface area contributed by atoms with Crippen molar-refractivity contribution < 1.29 is 19.5 Å². The first-order valence-electron chi connectivity index (χ1n) is 7.24. The van der Waals surface area contributed by atoms with Gasteiger partial charge in [-0.05, 0) is 25.7 Å². The Morgan fingerprint density at radius 2 is 1.70 bits per heavy atom. The predicted molar refractivity (Wildman–Crippen MR) is 71.9 cm³/mol. The summed E-state index contributed by atoms with van der Waals surface area (Å²) in [5.74, 6) is -1.04. The number of aliphatic carboxylic acids is 1. The Morgan fingerprint density at radius 1 is 1.10 bits per heavy atom. The van der Waals surface area contributed by atoms with Crippen LogP contribution in [0.15, 0.2) is 0 Å². The van der Waals surface area contributed by atoms with Crippen molar-refractivity contribution in [3.8, 4) is 0 Å². The lowest BCUT2D eigenvalue weighted by Crippen LogP contribution is -2.47. The molecule has 20 heavy (non-hydrogen) atoms. The van der Waals surface area contributed by atoms with Crippen LogP contribution in [0.4, 0.5) is 0 Å². The lowest BCUT2D eigenvalue weighted by Gasteiger charge is -2.33. The van der Waals surface area contributed by atoms with E-state index in [1.807, 2.05) is 0 Å². The van der Waals surface area contributed by atoms with Crippen molar-refractivity contribution in [3.63, 3.8) is 0 Å². The van der Waals surface area contributed by atoms with Crippen molar-refractivity contribution in [2.24, 2.45) is 11.8 Å². The van der Waals surface area contributed by atoms with E-state index in [2.05, 4.69) is 0 Å². The number of nitrogens with zero attached hydrogens (tertiary/aromatic N) is 2. The molecule has 6 nitrogen and oxygen atoms in total. The van der Waals surface area contributed by atoms with Gasteiger partial charge in [-0.25, -0.2) is 0 Å². The second kappa shape index (κ2) is 6.24. The van der Waals surface area contributed by atoms with Gasteiger partial charge in [-0.3, -0.25) is 14.4 Å². The van der Waals surface area contributed by atoms with E-state index < -0.39 is 5.97 Å². The van der Waals surface area contributed by atoms with Crippen LogP contribution in [0.25, 0.3) is 0 Å². The van der Waals surface area contributed by atoms with Gasteiger partial charge in [0.15, 0.2) is 0 Å². The molecular weight excluding hydrogens is 260 g/mol. The Labute approximate surface area is 118 Å². The van der Waals surface area contributed by atoms with Gasteiger partial charge in [-0.15, -0.1) is 0 Å². The molecule has 0 aromatic heterocycles.